The normalized spacial score (nSPS) is 11.3. The van der Waals surface area contributed by atoms with Crippen molar-refractivity contribution in [2.24, 2.45) is 0 Å². The van der Waals surface area contributed by atoms with E-state index >= 15 is 0 Å². The van der Waals surface area contributed by atoms with Gasteiger partial charge in [0.2, 0.25) is 0 Å². The van der Waals surface area contributed by atoms with Gasteiger partial charge in [-0.3, -0.25) is 0 Å². The van der Waals surface area contributed by atoms with Crippen LogP contribution in [-0.4, -0.2) is 50.1 Å². The summed E-state index contributed by atoms with van der Waals surface area (Å²) in [5.41, 5.74) is 0.305. The van der Waals surface area contributed by atoms with E-state index in [0.717, 1.165) is 129 Å². The van der Waals surface area contributed by atoms with Gasteiger partial charge in [0.1, 0.15) is 0 Å². The molecule has 0 aliphatic rings. The Bertz CT molecular complexity index is 2130. The number of unbranched alkanes of at least 4 members (excludes halogenated alkanes) is 10. The third-order valence-corrected chi connectivity index (χ3v) is 10.7. The maximum atomic E-state index is 13.8. The van der Waals surface area contributed by atoms with Crippen LogP contribution in [-0.2, 0) is 0 Å². The van der Waals surface area contributed by atoms with Crippen LogP contribution in [0.3, 0.4) is 0 Å². The van der Waals surface area contributed by atoms with Gasteiger partial charge in [0.15, 0.2) is 34.5 Å². The first-order valence-electron chi connectivity index (χ1n) is 22.6. The lowest BCUT2D eigenvalue weighted by atomic mass is 9.92. The molecule has 0 atom stereocenters. The van der Waals surface area contributed by atoms with Gasteiger partial charge >= 0.3 is 11.9 Å². The molecular formula is C51H66O9. The van der Waals surface area contributed by atoms with Crippen LogP contribution in [0.4, 0.5) is 0 Å². The summed E-state index contributed by atoms with van der Waals surface area (Å²) >= 11 is 0. The molecule has 324 valence electrons. The van der Waals surface area contributed by atoms with Gasteiger partial charge in [0, 0.05) is 5.39 Å². The summed E-state index contributed by atoms with van der Waals surface area (Å²) in [6, 6.07) is 17.9. The summed E-state index contributed by atoms with van der Waals surface area (Å²) in [6.07, 6.45) is 15.1. The standard InChI is InChI=1S/C51H66O9/c1-6-11-16-27-55-43-26-25-38-39-32-44(56-28-17-12-7-2)45(57-29-18-13-8-3)33-40(39)41-34-47(60-51(54)37-23-21-36(22-24-37)50(52)53)46(58-30-19-14-9-4)35-42(41)48(38)49(43)59-31-20-15-10-5/h21-26,32-35H,6-20,27-31H2,1-5H3,(H,52,53). The zero-order valence-electron chi connectivity index (χ0n) is 36.6. The van der Waals surface area contributed by atoms with Crippen LogP contribution >= 0.6 is 0 Å². The molecule has 5 rings (SSSR count). The van der Waals surface area contributed by atoms with Crippen LogP contribution in [0.5, 0.6) is 34.5 Å². The number of ether oxygens (including phenoxy) is 6. The number of esters is 1. The van der Waals surface area contributed by atoms with E-state index in [1.165, 1.54) is 24.3 Å². The van der Waals surface area contributed by atoms with E-state index in [0.29, 0.717) is 61.8 Å². The molecule has 5 aromatic carbocycles. The highest BCUT2D eigenvalue weighted by molar-refractivity contribution is 6.28. The molecule has 0 saturated carbocycles. The zero-order chi connectivity index (χ0) is 42.7. The lowest BCUT2D eigenvalue weighted by Crippen LogP contribution is -2.11. The van der Waals surface area contributed by atoms with Gasteiger partial charge in [-0.2, -0.15) is 0 Å². The van der Waals surface area contributed by atoms with E-state index < -0.39 is 11.9 Å². The van der Waals surface area contributed by atoms with Gasteiger partial charge in [-0.15, -0.1) is 0 Å². The average Bonchev–Trinajstić information content (AvgIpc) is 3.26. The molecule has 0 heterocycles. The van der Waals surface area contributed by atoms with Crippen LogP contribution in [0.1, 0.15) is 152 Å². The molecule has 0 amide bonds. The number of carboxylic acid groups (broad SMARTS) is 1. The summed E-state index contributed by atoms with van der Waals surface area (Å²) in [5, 5.41) is 14.8. The molecule has 60 heavy (non-hydrogen) atoms. The number of hydrogen-bond donors (Lipinski definition) is 1. The third-order valence-electron chi connectivity index (χ3n) is 10.7. The van der Waals surface area contributed by atoms with Crippen molar-refractivity contribution in [3.05, 3.63) is 71.8 Å². The van der Waals surface area contributed by atoms with Crippen molar-refractivity contribution in [3.63, 3.8) is 0 Å². The summed E-state index contributed by atoms with van der Waals surface area (Å²) in [6.45, 7) is 13.5. The summed E-state index contributed by atoms with van der Waals surface area (Å²) in [4.78, 5) is 25.3. The molecular weight excluding hydrogens is 757 g/mol. The molecule has 0 unspecified atom stereocenters. The number of rotatable bonds is 28. The van der Waals surface area contributed by atoms with Crippen molar-refractivity contribution in [1.82, 2.24) is 0 Å². The van der Waals surface area contributed by atoms with E-state index in [1.54, 1.807) is 0 Å². The monoisotopic (exact) mass is 822 g/mol. The van der Waals surface area contributed by atoms with E-state index in [-0.39, 0.29) is 16.9 Å². The van der Waals surface area contributed by atoms with E-state index in [1.807, 2.05) is 18.2 Å². The predicted octanol–water partition coefficient (Wildman–Crippen LogP) is 13.9. The van der Waals surface area contributed by atoms with Gasteiger partial charge in [0.05, 0.1) is 44.2 Å². The minimum atomic E-state index is -1.07. The van der Waals surface area contributed by atoms with Crippen LogP contribution in [0.15, 0.2) is 60.7 Å². The minimum Gasteiger partial charge on any atom is -0.490 e. The van der Waals surface area contributed by atoms with Crippen LogP contribution < -0.4 is 28.4 Å². The molecule has 0 saturated heterocycles. The van der Waals surface area contributed by atoms with E-state index in [9.17, 15) is 14.7 Å². The fourth-order valence-corrected chi connectivity index (χ4v) is 7.30. The van der Waals surface area contributed by atoms with Crippen molar-refractivity contribution in [2.45, 2.75) is 131 Å². The van der Waals surface area contributed by atoms with E-state index in [4.69, 9.17) is 28.4 Å². The lowest BCUT2D eigenvalue weighted by molar-refractivity contribution is 0.0691. The Hall–Kier alpha value is -5.18. The fourth-order valence-electron chi connectivity index (χ4n) is 7.30. The van der Waals surface area contributed by atoms with Crippen molar-refractivity contribution in [3.8, 4) is 34.5 Å². The number of carbonyl (C=O) groups is 2. The third kappa shape index (κ3) is 12.2. The quantitative estimate of drug-likeness (QED) is 0.0228. The highest BCUT2D eigenvalue weighted by atomic mass is 16.6. The second-order valence-electron chi connectivity index (χ2n) is 15.6. The number of aromatic carboxylic acids is 1. The first-order valence-corrected chi connectivity index (χ1v) is 22.6. The predicted molar refractivity (Wildman–Crippen MR) is 242 cm³/mol. The van der Waals surface area contributed by atoms with Crippen LogP contribution in [0, 0.1) is 0 Å². The average molecular weight is 823 g/mol. The number of benzene rings is 5. The maximum absolute atomic E-state index is 13.8. The fraction of sp³-hybridized carbons (Fsp3) is 0.490. The number of fused-ring (bicyclic) bond motifs is 6. The van der Waals surface area contributed by atoms with Gasteiger partial charge in [-0.05, 0) is 120 Å². The summed E-state index contributed by atoms with van der Waals surface area (Å²) in [7, 11) is 0. The maximum Gasteiger partial charge on any atom is 0.343 e. The molecule has 9 nitrogen and oxygen atoms in total. The second kappa shape index (κ2) is 24.2. The summed E-state index contributed by atoms with van der Waals surface area (Å²) < 4.78 is 39.0. The smallest absolute Gasteiger partial charge is 0.343 e. The molecule has 1 N–H and O–H groups in total. The number of hydrogen-bond acceptors (Lipinski definition) is 8. The molecule has 0 radical (unpaired) electrons. The Labute approximate surface area is 356 Å². The highest BCUT2D eigenvalue weighted by Crippen LogP contribution is 2.49. The Balaban J connectivity index is 1.80. The molecule has 0 aromatic heterocycles. The van der Waals surface area contributed by atoms with E-state index in [2.05, 4.69) is 52.8 Å². The second-order valence-corrected chi connectivity index (χ2v) is 15.6. The van der Waals surface area contributed by atoms with Crippen molar-refractivity contribution in [1.29, 1.82) is 0 Å². The van der Waals surface area contributed by atoms with Gasteiger partial charge < -0.3 is 33.5 Å². The van der Waals surface area contributed by atoms with Crippen molar-refractivity contribution >= 4 is 44.3 Å². The van der Waals surface area contributed by atoms with Crippen LogP contribution in [0.25, 0.3) is 32.3 Å². The molecule has 0 spiro atoms. The minimum absolute atomic E-state index is 0.0819. The van der Waals surface area contributed by atoms with Gasteiger partial charge in [-0.1, -0.05) is 98.8 Å². The largest absolute Gasteiger partial charge is 0.490 e. The Morgan fingerprint density at radius 3 is 1.28 bits per heavy atom. The SMILES string of the molecule is CCCCCOc1cc2c(cc1OCCCCC)c1ccc(OCCCCC)c(OCCCCC)c1c1cc(OCCCCC)c(OC(=O)c3ccc(C(=O)O)cc3)cc21. The van der Waals surface area contributed by atoms with Gasteiger partial charge in [-0.25, -0.2) is 9.59 Å². The lowest BCUT2D eigenvalue weighted by Gasteiger charge is -2.21. The molecule has 0 aliphatic heterocycles. The first-order chi connectivity index (χ1) is 29.3. The zero-order valence-corrected chi connectivity index (χ0v) is 36.6. The number of carboxylic acids is 1. The van der Waals surface area contributed by atoms with Crippen LogP contribution in [0.2, 0.25) is 0 Å². The van der Waals surface area contributed by atoms with Crippen molar-refractivity contribution in [2.75, 3.05) is 33.0 Å². The molecule has 0 bridgehead atoms. The number of carbonyl (C=O) groups excluding carboxylic acids is 1. The molecule has 9 heteroatoms. The molecule has 0 fully saturated rings. The highest BCUT2D eigenvalue weighted by Gasteiger charge is 2.23. The van der Waals surface area contributed by atoms with Crippen molar-refractivity contribution < 1.29 is 43.1 Å². The first kappa shape index (κ1) is 45.9. The topological polar surface area (TPSA) is 110 Å². The van der Waals surface area contributed by atoms with Gasteiger partial charge in [0.25, 0.3) is 0 Å². The Kier molecular flexibility index (Phi) is 18.5. The summed E-state index contributed by atoms with van der Waals surface area (Å²) in [5.74, 6) is 1.71. The Morgan fingerprint density at radius 1 is 0.417 bits per heavy atom. The molecule has 0 aliphatic carbocycles. The Morgan fingerprint density at radius 2 is 0.800 bits per heavy atom. The molecule has 5 aromatic rings.